The van der Waals surface area contributed by atoms with Crippen LogP contribution in [0, 0.1) is 6.92 Å². The zero-order valence-electron chi connectivity index (χ0n) is 19.5. The number of pyridine rings is 1. The van der Waals surface area contributed by atoms with Gasteiger partial charge < -0.3 is 13.7 Å². The van der Waals surface area contributed by atoms with Gasteiger partial charge in [0.25, 0.3) is 5.56 Å². The quantitative estimate of drug-likeness (QED) is 0.301. The van der Waals surface area contributed by atoms with Crippen molar-refractivity contribution in [1.82, 2.24) is 13.5 Å². The number of benzene rings is 3. The van der Waals surface area contributed by atoms with Crippen molar-refractivity contribution in [2.75, 3.05) is 0 Å². The first-order valence-corrected chi connectivity index (χ1v) is 12.4. The summed E-state index contributed by atoms with van der Waals surface area (Å²) >= 11 is 0. The van der Waals surface area contributed by atoms with Gasteiger partial charge in [-0.3, -0.25) is 8.77 Å². The Morgan fingerprint density at radius 1 is 0.944 bits per heavy atom. The van der Waals surface area contributed by atoms with E-state index in [9.17, 15) is 9.00 Å². The highest BCUT2D eigenvalue weighted by Gasteiger charge is 2.22. The molecule has 3 heterocycles. The van der Waals surface area contributed by atoms with Gasteiger partial charge in [-0.2, -0.15) is 0 Å². The van der Waals surface area contributed by atoms with E-state index in [1.165, 1.54) is 14.9 Å². The topological polar surface area (TPSA) is 79.3 Å². The van der Waals surface area contributed by atoms with Gasteiger partial charge in [0.15, 0.2) is 34.2 Å². The van der Waals surface area contributed by atoms with E-state index in [1.54, 1.807) is 19.4 Å². The fourth-order valence-electron chi connectivity index (χ4n) is 4.28. The summed E-state index contributed by atoms with van der Waals surface area (Å²) in [5.41, 5.74) is 3.82. The van der Waals surface area contributed by atoms with Crippen LogP contribution >= 0.6 is 0 Å². The molecule has 0 saturated heterocycles. The van der Waals surface area contributed by atoms with E-state index in [0.29, 0.717) is 38.4 Å². The second-order valence-electron chi connectivity index (χ2n) is 8.48. The fourth-order valence-corrected chi connectivity index (χ4v) is 5.39. The summed E-state index contributed by atoms with van der Waals surface area (Å²) in [7, 11) is 0.0946. The van der Waals surface area contributed by atoms with Crippen LogP contribution in [0.4, 0.5) is 0 Å². The highest BCUT2D eigenvalue weighted by Crippen LogP contribution is 2.41. The van der Waals surface area contributed by atoms with Gasteiger partial charge >= 0.3 is 0 Å². The smallest absolute Gasteiger partial charge is 0.275 e. The molecule has 0 N–H and O–H groups in total. The first kappa shape index (κ1) is 22.1. The van der Waals surface area contributed by atoms with Crippen LogP contribution in [0.5, 0.6) is 11.5 Å². The third-order valence-corrected chi connectivity index (χ3v) is 7.44. The van der Waals surface area contributed by atoms with Crippen molar-refractivity contribution in [3.63, 3.8) is 0 Å². The van der Waals surface area contributed by atoms with Gasteiger partial charge in [0.05, 0.1) is 4.90 Å². The Balaban J connectivity index is 1.58. The third kappa shape index (κ3) is 3.63. The highest BCUT2D eigenvalue weighted by atomic mass is 32.2. The molecular weight excluding hydrogens is 474 g/mol. The number of fused-ring (bicyclic) bond motifs is 2. The number of hydrogen-bond acceptors (Lipinski definition) is 5. The maximum Gasteiger partial charge on any atom is 0.275 e. The molecule has 0 radical (unpaired) electrons. The molecule has 1 unspecified atom stereocenters. The van der Waals surface area contributed by atoms with Gasteiger partial charge in [-0.05, 0) is 49.4 Å². The van der Waals surface area contributed by atoms with E-state index in [0.717, 1.165) is 16.7 Å². The van der Waals surface area contributed by atoms with Crippen LogP contribution in [0.25, 0.3) is 33.1 Å². The molecule has 0 aliphatic carbocycles. The van der Waals surface area contributed by atoms with E-state index < -0.39 is 11.0 Å². The first-order valence-electron chi connectivity index (χ1n) is 11.3. The van der Waals surface area contributed by atoms with E-state index >= 15 is 0 Å². The van der Waals surface area contributed by atoms with Crippen molar-refractivity contribution in [3.05, 3.63) is 108 Å². The van der Waals surface area contributed by atoms with Crippen LogP contribution in [0.1, 0.15) is 5.56 Å². The number of hydrogen-bond donors (Lipinski definition) is 0. The lowest BCUT2D eigenvalue weighted by molar-refractivity contribution is 0.489. The van der Waals surface area contributed by atoms with Gasteiger partial charge in [0.1, 0.15) is 11.3 Å². The number of rotatable bonds is 5. The number of ether oxygens (including phenoxy) is 1. The van der Waals surface area contributed by atoms with Gasteiger partial charge in [0.2, 0.25) is 0 Å². The van der Waals surface area contributed by atoms with Crippen LogP contribution in [0.3, 0.4) is 0 Å². The molecule has 8 heteroatoms. The van der Waals surface area contributed by atoms with Crippen molar-refractivity contribution in [2.45, 2.75) is 11.8 Å². The Morgan fingerprint density at radius 2 is 1.72 bits per heavy atom. The third-order valence-electron chi connectivity index (χ3n) is 6.10. The molecule has 0 fully saturated rings. The Bertz CT molecular complexity index is 1820. The molecule has 3 aromatic carbocycles. The minimum absolute atomic E-state index is 0.243. The standard InChI is InChI=1S/C28H21N3O4S/c1-18-8-10-20(11-9-18)36(33)31-15-14-21-23(16-30(2)28(32)26(21)31)22-12-13-24-25(29-17-34-24)27(22)35-19-6-4-3-5-7-19/h3-17H,1-2H3. The van der Waals surface area contributed by atoms with E-state index in [2.05, 4.69) is 4.98 Å². The summed E-state index contributed by atoms with van der Waals surface area (Å²) in [6.07, 6.45) is 4.84. The molecule has 0 aliphatic heterocycles. The molecule has 0 aliphatic rings. The van der Waals surface area contributed by atoms with Gasteiger partial charge in [-0.25, -0.2) is 9.19 Å². The maximum absolute atomic E-state index is 13.5. The van der Waals surface area contributed by atoms with E-state index in [1.807, 2.05) is 79.7 Å². The summed E-state index contributed by atoms with van der Waals surface area (Å²) in [4.78, 5) is 18.3. The zero-order valence-corrected chi connectivity index (χ0v) is 20.4. The lowest BCUT2D eigenvalue weighted by atomic mass is 10.0. The molecule has 36 heavy (non-hydrogen) atoms. The summed E-state index contributed by atoms with van der Waals surface area (Å²) < 4.78 is 28.3. The van der Waals surface area contributed by atoms with Crippen molar-refractivity contribution in [1.29, 1.82) is 0 Å². The van der Waals surface area contributed by atoms with E-state index in [-0.39, 0.29) is 5.56 Å². The molecular formula is C28H21N3O4S. The molecule has 6 aromatic rings. The molecule has 6 rings (SSSR count). The SMILES string of the molecule is Cc1ccc(S(=O)n2ccc3c(-c4ccc5ocnc5c4Oc4ccccc4)cn(C)c(=O)c32)cc1. The number of oxazole rings is 1. The number of para-hydroxylation sites is 1. The molecule has 0 bridgehead atoms. The van der Waals surface area contributed by atoms with Crippen LogP contribution in [-0.2, 0) is 18.0 Å². The second-order valence-corrected chi connectivity index (χ2v) is 9.84. The van der Waals surface area contributed by atoms with Crippen molar-refractivity contribution in [2.24, 2.45) is 7.05 Å². The minimum Gasteiger partial charge on any atom is -0.454 e. The summed E-state index contributed by atoms with van der Waals surface area (Å²) in [5, 5.41) is 0.666. The maximum atomic E-state index is 13.5. The summed E-state index contributed by atoms with van der Waals surface area (Å²) in [6.45, 7) is 1.97. The molecule has 178 valence electrons. The monoisotopic (exact) mass is 495 g/mol. The summed E-state index contributed by atoms with van der Waals surface area (Å²) in [5.74, 6) is 1.16. The normalized spacial score (nSPS) is 12.3. The Hall–Kier alpha value is -4.43. The number of aryl methyl sites for hydroxylation is 2. The second kappa shape index (κ2) is 8.66. The molecule has 0 saturated carbocycles. The predicted octanol–water partition coefficient (Wildman–Crippen LogP) is 5.82. The van der Waals surface area contributed by atoms with Crippen molar-refractivity contribution in [3.8, 4) is 22.6 Å². The van der Waals surface area contributed by atoms with Gasteiger partial charge in [-0.15, -0.1) is 0 Å². The average molecular weight is 496 g/mol. The van der Waals surface area contributed by atoms with Gasteiger partial charge in [-0.1, -0.05) is 35.9 Å². The fraction of sp³-hybridized carbons (Fsp3) is 0.0714. The Labute approximate surface area is 208 Å². The van der Waals surface area contributed by atoms with Crippen LogP contribution in [-0.4, -0.2) is 17.7 Å². The summed E-state index contributed by atoms with van der Waals surface area (Å²) in [6, 6.07) is 22.4. The highest BCUT2D eigenvalue weighted by molar-refractivity contribution is 7.83. The molecule has 0 amide bonds. The van der Waals surface area contributed by atoms with E-state index in [4.69, 9.17) is 9.15 Å². The molecule has 3 aromatic heterocycles. The Kier molecular flexibility index (Phi) is 5.30. The van der Waals surface area contributed by atoms with Crippen molar-refractivity contribution >= 4 is 33.0 Å². The molecule has 0 spiro atoms. The van der Waals surface area contributed by atoms with Crippen LogP contribution in [0.2, 0.25) is 0 Å². The molecule has 7 nitrogen and oxygen atoms in total. The lowest BCUT2D eigenvalue weighted by Gasteiger charge is -2.14. The first-order chi connectivity index (χ1) is 17.5. The number of nitrogens with zero attached hydrogens (tertiary/aromatic N) is 3. The van der Waals surface area contributed by atoms with Gasteiger partial charge in [0, 0.05) is 36.0 Å². The van der Waals surface area contributed by atoms with Crippen LogP contribution < -0.4 is 10.3 Å². The largest absolute Gasteiger partial charge is 0.454 e. The number of aromatic nitrogens is 3. The lowest BCUT2D eigenvalue weighted by Crippen LogP contribution is -2.20. The molecule has 1 atom stereocenters. The zero-order chi connectivity index (χ0) is 24.8. The van der Waals surface area contributed by atoms with Crippen LogP contribution in [0.15, 0.2) is 106 Å². The Morgan fingerprint density at radius 3 is 2.50 bits per heavy atom. The average Bonchev–Trinajstić information content (AvgIpc) is 3.55. The predicted molar refractivity (Wildman–Crippen MR) is 140 cm³/mol. The minimum atomic E-state index is -1.59. The van der Waals surface area contributed by atoms with Crippen molar-refractivity contribution < 1.29 is 13.4 Å².